The first-order valence-electron chi connectivity index (χ1n) is 9.62. The average Bonchev–Trinajstić information content (AvgIpc) is 3.14. The molecule has 9 heteroatoms. The molecule has 0 spiro atoms. The number of rotatable bonds is 9. The second-order valence-corrected chi connectivity index (χ2v) is 9.95. The minimum absolute atomic E-state index is 0.0535. The molecule has 3 aromatic rings. The summed E-state index contributed by atoms with van der Waals surface area (Å²) in [6.07, 6.45) is 0.445. The Morgan fingerprint density at radius 3 is 2.43 bits per heavy atom. The predicted octanol–water partition coefficient (Wildman–Crippen LogP) is 3.84. The molecule has 2 aromatic carbocycles. The molecule has 0 saturated heterocycles. The molecular weight excluding hydrogens is 420 g/mol. The molecule has 3 rings (SSSR count). The number of nitrogens with two attached hydrogens (primary N) is 1. The van der Waals surface area contributed by atoms with E-state index in [1.807, 2.05) is 41.0 Å². The molecule has 0 fully saturated rings. The smallest absolute Gasteiger partial charge is 0.209 e. The third-order valence-electron chi connectivity index (χ3n) is 4.59. The highest BCUT2D eigenvalue weighted by Crippen LogP contribution is 2.32. The fourth-order valence-corrected chi connectivity index (χ4v) is 4.72. The lowest BCUT2D eigenvalue weighted by molar-refractivity contribution is 0.415. The number of aromatic nitrogens is 3. The van der Waals surface area contributed by atoms with E-state index >= 15 is 0 Å². The Morgan fingerprint density at radius 1 is 1.10 bits per heavy atom. The van der Waals surface area contributed by atoms with E-state index in [2.05, 4.69) is 36.2 Å². The van der Waals surface area contributed by atoms with Gasteiger partial charge in [-0.3, -0.25) is 4.57 Å². The largest absolute Gasteiger partial charge is 0.497 e. The molecule has 1 aromatic heterocycles. The van der Waals surface area contributed by atoms with Crippen molar-refractivity contribution >= 4 is 21.8 Å². The highest BCUT2D eigenvalue weighted by molar-refractivity contribution is 7.99. The van der Waals surface area contributed by atoms with Crippen molar-refractivity contribution in [2.45, 2.75) is 31.3 Å². The maximum atomic E-state index is 11.2. The SMILES string of the molecule is COc1ccc(-c2nnc(SCCCS(N)(=O)=O)n2-c2ccccc2C(C)C)cc1. The summed E-state index contributed by atoms with van der Waals surface area (Å²) in [5, 5.41) is 14.7. The van der Waals surface area contributed by atoms with Crippen LogP contribution in [-0.4, -0.2) is 41.8 Å². The monoisotopic (exact) mass is 446 g/mol. The van der Waals surface area contributed by atoms with Gasteiger partial charge in [0, 0.05) is 11.3 Å². The zero-order valence-corrected chi connectivity index (χ0v) is 18.9. The van der Waals surface area contributed by atoms with Crippen molar-refractivity contribution in [3.8, 4) is 22.8 Å². The fourth-order valence-electron chi connectivity index (χ4n) is 3.11. The number of sulfonamides is 1. The lowest BCUT2D eigenvalue weighted by Gasteiger charge is -2.17. The van der Waals surface area contributed by atoms with Gasteiger partial charge >= 0.3 is 0 Å². The molecule has 1 heterocycles. The predicted molar refractivity (Wildman–Crippen MR) is 121 cm³/mol. The van der Waals surface area contributed by atoms with Crippen molar-refractivity contribution in [1.82, 2.24) is 14.8 Å². The van der Waals surface area contributed by atoms with E-state index in [1.54, 1.807) is 7.11 Å². The first-order valence-corrected chi connectivity index (χ1v) is 12.3. The molecule has 0 unspecified atom stereocenters. The summed E-state index contributed by atoms with van der Waals surface area (Å²) in [4.78, 5) is 0. The zero-order valence-electron chi connectivity index (χ0n) is 17.3. The van der Waals surface area contributed by atoms with E-state index < -0.39 is 10.0 Å². The van der Waals surface area contributed by atoms with Crippen LogP contribution in [0.4, 0.5) is 0 Å². The van der Waals surface area contributed by atoms with Gasteiger partial charge in [-0.1, -0.05) is 43.8 Å². The second-order valence-electron chi connectivity index (χ2n) is 7.15. The van der Waals surface area contributed by atoms with Crippen molar-refractivity contribution in [2.75, 3.05) is 18.6 Å². The van der Waals surface area contributed by atoms with Gasteiger partial charge in [0.25, 0.3) is 0 Å². The number of hydrogen-bond acceptors (Lipinski definition) is 6. The molecule has 0 aliphatic carbocycles. The maximum Gasteiger partial charge on any atom is 0.209 e. The van der Waals surface area contributed by atoms with Gasteiger partial charge in [-0.15, -0.1) is 10.2 Å². The second kappa shape index (κ2) is 9.63. The molecule has 7 nitrogen and oxygen atoms in total. The quantitative estimate of drug-likeness (QED) is 0.396. The number of methoxy groups -OCH3 is 1. The molecule has 30 heavy (non-hydrogen) atoms. The molecule has 0 saturated carbocycles. The molecule has 0 aliphatic rings. The Hall–Kier alpha value is -2.36. The normalized spacial score (nSPS) is 11.8. The van der Waals surface area contributed by atoms with Crippen molar-refractivity contribution in [1.29, 1.82) is 0 Å². The number of benzene rings is 2. The Morgan fingerprint density at radius 2 is 1.80 bits per heavy atom. The molecule has 0 amide bonds. The van der Waals surface area contributed by atoms with Crippen LogP contribution in [0.2, 0.25) is 0 Å². The Balaban J connectivity index is 2.02. The van der Waals surface area contributed by atoms with E-state index in [4.69, 9.17) is 9.88 Å². The van der Waals surface area contributed by atoms with Crippen LogP contribution in [-0.2, 0) is 10.0 Å². The number of hydrogen-bond donors (Lipinski definition) is 1. The molecule has 0 bridgehead atoms. The van der Waals surface area contributed by atoms with E-state index in [1.165, 1.54) is 17.3 Å². The lowest BCUT2D eigenvalue weighted by Crippen LogP contribution is -2.16. The Bertz CT molecular complexity index is 1090. The van der Waals surface area contributed by atoms with Gasteiger partial charge in [-0.2, -0.15) is 0 Å². The maximum absolute atomic E-state index is 11.2. The van der Waals surface area contributed by atoms with Gasteiger partial charge in [-0.25, -0.2) is 13.6 Å². The summed E-state index contributed by atoms with van der Waals surface area (Å²) in [6, 6.07) is 15.9. The number of primary sulfonamides is 1. The number of ether oxygens (including phenoxy) is 1. The summed E-state index contributed by atoms with van der Waals surface area (Å²) < 4.78 is 29.7. The van der Waals surface area contributed by atoms with E-state index in [0.717, 1.165) is 22.8 Å². The van der Waals surface area contributed by atoms with Gasteiger partial charge in [0.1, 0.15) is 5.75 Å². The van der Waals surface area contributed by atoms with Crippen LogP contribution in [0, 0.1) is 0 Å². The van der Waals surface area contributed by atoms with Crippen LogP contribution in [0.1, 0.15) is 31.7 Å². The van der Waals surface area contributed by atoms with Crippen LogP contribution in [0.25, 0.3) is 17.1 Å². The minimum Gasteiger partial charge on any atom is -0.497 e. The van der Waals surface area contributed by atoms with Gasteiger partial charge in [-0.05, 0) is 48.2 Å². The third kappa shape index (κ3) is 5.41. The van der Waals surface area contributed by atoms with Gasteiger partial charge in [0.2, 0.25) is 10.0 Å². The van der Waals surface area contributed by atoms with Crippen molar-refractivity contribution < 1.29 is 13.2 Å². The number of para-hydroxylation sites is 1. The van der Waals surface area contributed by atoms with Gasteiger partial charge < -0.3 is 4.74 Å². The molecule has 2 N–H and O–H groups in total. The first kappa shape index (κ1) is 22.3. The number of nitrogens with zero attached hydrogens (tertiary/aromatic N) is 3. The Labute approximate surface area is 181 Å². The summed E-state index contributed by atoms with van der Waals surface area (Å²) >= 11 is 1.47. The topological polar surface area (TPSA) is 100 Å². The molecular formula is C21H26N4O3S2. The van der Waals surface area contributed by atoms with E-state index in [0.29, 0.717) is 23.2 Å². The van der Waals surface area contributed by atoms with Crippen LogP contribution in [0.3, 0.4) is 0 Å². The summed E-state index contributed by atoms with van der Waals surface area (Å²) in [7, 11) is -1.84. The molecule has 0 radical (unpaired) electrons. The fraction of sp³-hybridized carbons (Fsp3) is 0.333. The standard InChI is InChI=1S/C21H26N4O3S2/c1-15(2)18-7-4-5-8-19(18)25-20(16-9-11-17(28-3)12-10-16)23-24-21(25)29-13-6-14-30(22,26)27/h4-5,7-12,15H,6,13-14H2,1-3H3,(H2,22,26,27). The van der Waals surface area contributed by atoms with Crippen molar-refractivity contribution in [3.05, 3.63) is 54.1 Å². The van der Waals surface area contributed by atoms with Gasteiger partial charge in [0.15, 0.2) is 11.0 Å². The van der Waals surface area contributed by atoms with Crippen LogP contribution >= 0.6 is 11.8 Å². The van der Waals surface area contributed by atoms with Gasteiger partial charge in [0.05, 0.1) is 18.6 Å². The van der Waals surface area contributed by atoms with Crippen LogP contribution in [0.15, 0.2) is 53.7 Å². The Kier molecular flexibility index (Phi) is 7.17. The summed E-state index contributed by atoms with van der Waals surface area (Å²) in [6.45, 7) is 4.30. The van der Waals surface area contributed by atoms with E-state index in [9.17, 15) is 8.42 Å². The zero-order chi connectivity index (χ0) is 21.7. The van der Waals surface area contributed by atoms with Crippen LogP contribution in [0.5, 0.6) is 5.75 Å². The van der Waals surface area contributed by atoms with E-state index in [-0.39, 0.29) is 5.75 Å². The summed E-state index contributed by atoms with van der Waals surface area (Å²) in [5.74, 6) is 2.32. The highest BCUT2D eigenvalue weighted by atomic mass is 32.2. The molecule has 160 valence electrons. The van der Waals surface area contributed by atoms with Crippen LogP contribution < -0.4 is 9.88 Å². The van der Waals surface area contributed by atoms with Crippen molar-refractivity contribution in [2.24, 2.45) is 5.14 Å². The summed E-state index contributed by atoms with van der Waals surface area (Å²) in [5.41, 5.74) is 3.11. The third-order valence-corrected chi connectivity index (χ3v) is 6.46. The lowest BCUT2D eigenvalue weighted by atomic mass is 10.0. The molecule has 0 atom stereocenters. The van der Waals surface area contributed by atoms with Crippen molar-refractivity contribution in [3.63, 3.8) is 0 Å². The number of thioether (sulfide) groups is 1. The average molecular weight is 447 g/mol. The highest BCUT2D eigenvalue weighted by Gasteiger charge is 2.19. The molecule has 0 aliphatic heterocycles. The minimum atomic E-state index is -3.47. The first-order chi connectivity index (χ1) is 14.3.